The van der Waals surface area contributed by atoms with E-state index in [0.717, 1.165) is 32.6 Å². The van der Waals surface area contributed by atoms with Gasteiger partial charge in [0.1, 0.15) is 0 Å². The highest BCUT2D eigenvalue weighted by atomic mass is 16.2. The third kappa shape index (κ3) is 4.96. The molecular formula is C23H31N3O. The van der Waals surface area contributed by atoms with Gasteiger partial charge in [-0.15, -0.1) is 0 Å². The number of nitrogens with zero attached hydrogens (tertiary/aromatic N) is 2. The van der Waals surface area contributed by atoms with Crippen LogP contribution in [0.2, 0.25) is 0 Å². The van der Waals surface area contributed by atoms with Crippen molar-refractivity contribution in [3.05, 3.63) is 71.8 Å². The van der Waals surface area contributed by atoms with E-state index in [0.29, 0.717) is 5.92 Å². The number of hydrogen-bond donors (Lipinski definition) is 1. The third-order valence-corrected chi connectivity index (χ3v) is 5.26. The van der Waals surface area contributed by atoms with Crippen molar-refractivity contribution in [2.45, 2.75) is 32.4 Å². The van der Waals surface area contributed by atoms with Crippen LogP contribution in [0.3, 0.4) is 0 Å². The maximum absolute atomic E-state index is 12.6. The lowest BCUT2D eigenvalue weighted by molar-refractivity contribution is -0.135. The lowest BCUT2D eigenvalue weighted by Gasteiger charge is -2.40. The summed E-state index contributed by atoms with van der Waals surface area (Å²) in [5, 5.41) is 0. The molecule has 2 N–H and O–H groups in total. The Balaban J connectivity index is 1.71. The average Bonchev–Trinajstić information content (AvgIpc) is 2.69. The van der Waals surface area contributed by atoms with Gasteiger partial charge in [-0.25, -0.2) is 0 Å². The molecule has 1 aliphatic rings. The van der Waals surface area contributed by atoms with Crippen LogP contribution in [0.4, 0.5) is 0 Å². The van der Waals surface area contributed by atoms with Crippen molar-refractivity contribution >= 4 is 5.91 Å². The van der Waals surface area contributed by atoms with Crippen molar-refractivity contribution in [2.75, 3.05) is 26.2 Å². The zero-order chi connectivity index (χ0) is 19.2. The van der Waals surface area contributed by atoms with E-state index in [1.807, 2.05) is 4.90 Å². The predicted octanol–water partition coefficient (Wildman–Crippen LogP) is 3.29. The monoisotopic (exact) mass is 365 g/mol. The summed E-state index contributed by atoms with van der Waals surface area (Å²) in [5.74, 6) is 0.533. The molecule has 0 aliphatic carbocycles. The number of carbonyl (C=O) groups excluding carboxylic acids is 1. The first kappa shape index (κ1) is 19.6. The minimum atomic E-state index is -0.379. The van der Waals surface area contributed by atoms with Gasteiger partial charge in [0.05, 0.1) is 12.1 Å². The fraction of sp³-hybridized carbons (Fsp3) is 0.435. The van der Waals surface area contributed by atoms with Crippen molar-refractivity contribution in [3.63, 3.8) is 0 Å². The first-order valence-electron chi connectivity index (χ1n) is 9.94. The summed E-state index contributed by atoms with van der Waals surface area (Å²) < 4.78 is 0. The van der Waals surface area contributed by atoms with Gasteiger partial charge in [0, 0.05) is 26.2 Å². The smallest absolute Gasteiger partial charge is 0.239 e. The standard InChI is InChI=1S/C23H31N3O/c1-18(2)17-21(24)23(27)26-15-13-25(14-16-26)22(19-9-5-3-6-10-19)20-11-7-4-8-12-20/h3-12,18,21-22H,13-17,24H2,1-2H3. The summed E-state index contributed by atoms with van der Waals surface area (Å²) in [6.07, 6.45) is 0.746. The summed E-state index contributed by atoms with van der Waals surface area (Å²) in [5.41, 5.74) is 8.70. The quantitative estimate of drug-likeness (QED) is 0.854. The SMILES string of the molecule is CC(C)CC(N)C(=O)N1CCN(C(c2ccccc2)c2ccccc2)CC1. The van der Waals surface area contributed by atoms with Crippen LogP contribution in [0, 0.1) is 5.92 Å². The summed E-state index contributed by atoms with van der Waals surface area (Å²) in [6, 6.07) is 21.1. The van der Waals surface area contributed by atoms with Gasteiger partial charge in [-0.05, 0) is 23.5 Å². The van der Waals surface area contributed by atoms with Crippen LogP contribution in [-0.2, 0) is 4.79 Å². The number of benzene rings is 2. The van der Waals surface area contributed by atoms with Gasteiger partial charge in [-0.1, -0.05) is 74.5 Å². The molecule has 3 rings (SSSR count). The highest BCUT2D eigenvalue weighted by Crippen LogP contribution is 2.29. The topological polar surface area (TPSA) is 49.6 Å². The second-order valence-electron chi connectivity index (χ2n) is 7.82. The highest BCUT2D eigenvalue weighted by Gasteiger charge is 2.30. The molecule has 2 aromatic carbocycles. The van der Waals surface area contributed by atoms with Gasteiger partial charge in [-0.2, -0.15) is 0 Å². The molecule has 4 nitrogen and oxygen atoms in total. The third-order valence-electron chi connectivity index (χ3n) is 5.26. The van der Waals surface area contributed by atoms with Crippen LogP contribution in [0.25, 0.3) is 0 Å². The van der Waals surface area contributed by atoms with Gasteiger partial charge in [-0.3, -0.25) is 9.69 Å². The van der Waals surface area contributed by atoms with E-state index >= 15 is 0 Å². The molecule has 1 heterocycles. The van der Waals surface area contributed by atoms with E-state index < -0.39 is 0 Å². The first-order chi connectivity index (χ1) is 13.1. The molecule has 2 aromatic rings. The maximum atomic E-state index is 12.6. The van der Waals surface area contributed by atoms with Gasteiger partial charge >= 0.3 is 0 Å². The van der Waals surface area contributed by atoms with E-state index in [1.54, 1.807) is 0 Å². The molecule has 1 saturated heterocycles. The zero-order valence-corrected chi connectivity index (χ0v) is 16.4. The van der Waals surface area contributed by atoms with Gasteiger partial charge in [0.15, 0.2) is 0 Å². The zero-order valence-electron chi connectivity index (χ0n) is 16.4. The summed E-state index contributed by atoms with van der Waals surface area (Å²) in [6.45, 7) is 7.40. The number of piperazine rings is 1. The molecule has 1 aliphatic heterocycles. The Morgan fingerprint density at radius 1 is 0.889 bits per heavy atom. The summed E-state index contributed by atoms with van der Waals surface area (Å²) in [4.78, 5) is 17.0. The average molecular weight is 366 g/mol. The van der Waals surface area contributed by atoms with Crippen LogP contribution in [0.5, 0.6) is 0 Å². The van der Waals surface area contributed by atoms with Crippen molar-refractivity contribution in [3.8, 4) is 0 Å². The maximum Gasteiger partial charge on any atom is 0.239 e. The van der Waals surface area contributed by atoms with Crippen LogP contribution >= 0.6 is 0 Å². The number of hydrogen-bond acceptors (Lipinski definition) is 3. The van der Waals surface area contributed by atoms with E-state index in [9.17, 15) is 4.79 Å². The van der Waals surface area contributed by atoms with Gasteiger partial charge in [0.25, 0.3) is 0 Å². The van der Waals surface area contributed by atoms with E-state index in [1.165, 1.54) is 11.1 Å². The minimum absolute atomic E-state index is 0.0966. The molecule has 1 fully saturated rings. The van der Waals surface area contributed by atoms with Crippen molar-refractivity contribution in [2.24, 2.45) is 11.7 Å². The number of carbonyl (C=O) groups is 1. The lowest BCUT2D eigenvalue weighted by atomic mass is 9.96. The molecule has 1 unspecified atom stereocenters. The Kier molecular flexibility index (Phi) is 6.64. The predicted molar refractivity (Wildman–Crippen MR) is 110 cm³/mol. The van der Waals surface area contributed by atoms with Crippen LogP contribution in [-0.4, -0.2) is 47.9 Å². The van der Waals surface area contributed by atoms with E-state index in [4.69, 9.17) is 5.73 Å². The Labute approximate surface area is 163 Å². The Bertz CT molecular complexity index is 669. The lowest BCUT2D eigenvalue weighted by Crippen LogP contribution is -2.54. The fourth-order valence-corrected chi connectivity index (χ4v) is 3.93. The Morgan fingerprint density at radius 2 is 1.37 bits per heavy atom. The second kappa shape index (κ2) is 9.16. The molecule has 144 valence electrons. The van der Waals surface area contributed by atoms with Crippen LogP contribution in [0.1, 0.15) is 37.4 Å². The summed E-state index contributed by atoms with van der Waals surface area (Å²) >= 11 is 0. The highest BCUT2D eigenvalue weighted by molar-refractivity contribution is 5.81. The number of rotatable bonds is 6. The van der Waals surface area contributed by atoms with E-state index in [-0.39, 0.29) is 18.0 Å². The second-order valence-corrected chi connectivity index (χ2v) is 7.82. The fourth-order valence-electron chi connectivity index (χ4n) is 3.93. The molecule has 0 radical (unpaired) electrons. The van der Waals surface area contributed by atoms with Crippen LogP contribution < -0.4 is 5.73 Å². The Morgan fingerprint density at radius 3 is 1.81 bits per heavy atom. The molecular weight excluding hydrogens is 334 g/mol. The normalized spacial score (nSPS) is 16.7. The molecule has 0 saturated carbocycles. The summed E-state index contributed by atoms with van der Waals surface area (Å²) in [7, 11) is 0. The van der Waals surface area contributed by atoms with Crippen LogP contribution in [0.15, 0.2) is 60.7 Å². The molecule has 0 aromatic heterocycles. The first-order valence-corrected chi connectivity index (χ1v) is 9.94. The van der Waals surface area contributed by atoms with Crippen molar-refractivity contribution in [1.82, 2.24) is 9.80 Å². The molecule has 0 bridgehead atoms. The molecule has 1 atom stereocenters. The van der Waals surface area contributed by atoms with Gasteiger partial charge in [0.2, 0.25) is 5.91 Å². The Hall–Kier alpha value is -2.17. The van der Waals surface area contributed by atoms with E-state index in [2.05, 4.69) is 79.4 Å². The van der Waals surface area contributed by atoms with Crippen molar-refractivity contribution in [1.29, 1.82) is 0 Å². The number of amides is 1. The largest absolute Gasteiger partial charge is 0.339 e. The van der Waals surface area contributed by atoms with Crippen molar-refractivity contribution < 1.29 is 4.79 Å². The minimum Gasteiger partial charge on any atom is -0.339 e. The molecule has 27 heavy (non-hydrogen) atoms. The molecule has 1 amide bonds. The number of nitrogens with two attached hydrogens (primary N) is 1. The molecule has 0 spiro atoms. The molecule has 4 heteroatoms. The van der Waals surface area contributed by atoms with Gasteiger partial charge < -0.3 is 10.6 Å².